The van der Waals surface area contributed by atoms with Crippen LogP contribution in [0.3, 0.4) is 0 Å². The Hall–Kier alpha value is -1.56. The third kappa shape index (κ3) is 11.1. The minimum Gasteiger partial charge on any atom is -0.0625 e. The fourth-order valence-corrected chi connectivity index (χ4v) is 6.49. The van der Waals surface area contributed by atoms with Crippen molar-refractivity contribution in [3.05, 3.63) is 68.8 Å². The Kier molecular flexibility index (Phi) is 13.8. The summed E-state index contributed by atoms with van der Waals surface area (Å²) in [5, 5.41) is 0. The van der Waals surface area contributed by atoms with E-state index in [1.165, 1.54) is 57.8 Å². The second-order valence-electron chi connectivity index (χ2n) is 15.1. The van der Waals surface area contributed by atoms with Crippen LogP contribution in [0.4, 0.5) is 0 Å². The maximum Gasteiger partial charge on any atom is -0.0250 e. The van der Waals surface area contributed by atoms with Gasteiger partial charge in [0, 0.05) is 0 Å². The molecule has 2 aromatic rings. The average molecular weight is 533 g/mol. The third-order valence-corrected chi connectivity index (χ3v) is 7.84. The van der Waals surface area contributed by atoms with Crippen LogP contribution in [0.15, 0.2) is 24.3 Å². The normalized spacial score (nSPS) is 12.4. The van der Waals surface area contributed by atoms with E-state index in [9.17, 15) is 0 Å². The second kappa shape index (κ2) is 16.0. The van der Waals surface area contributed by atoms with Crippen LogP contribution in [0.5, 0.6) is 0 Å². The Morgan fingerprint density at radius 2 is 0.564 bits per heavy atom. The predicted molar refractivity (Wildman–Crippen MR) is 176 cm³/mol. The van der Waals surface area contributed by atoms with Gasteiger partial charge in [0.15, 0.2) is 0 Å². The summed E-state index contributed by atoms with van der Waals surface area (Å²) in [5.41, 5.74) is 13.2. The number of hydrogen-bond acceptors (Lipinski definition) is 0. The lowest BCUT2D eigenvalue weighted by Crippen LogP contribution is -2.13. The van der Waals surface area contributed by atoms with Crippen molar-refractivity contribution in [2.75, 3.05) is 0 Å². The molecule has 0 saturated carbocycles. The molecule has 0 aliphatic rings. The lowest BCUT2D eigenvalue weighted by atomic mass is 9.81. The molecule has 2 aromatic carbocycles. The van der Waals surface area contributed by atoms with Crippen LogP contribution in [0.25, 0.3) is 0 Å². The first-order valence-corrected chi connectivity index (χ1v) is 16.5. The minimum atomic E-state index is 0.687. The molecule has 2 rings (SSSR count). The van der Waals surface area contributed by atoms with Gasteiger partial charge >= 0.3 is 0 Å². The highest BCUT2D eigenvalue weighted by atomic mass is 14.2. The molecule has 220 valence electrons. The molecule has 0 unspecified atom stereocenters. The highest BCUT2D eigenvalue weighted by Gasteiger charge is 2.19. The van der Waals surface area contributed by atoms with Crippen molar-refractivity contribution in [1.29, 1.82) is 0 Å². The Labute approximate surface area is 244 Å². The first-order valence-electron chi connectivity index (χ1n) is 16.5. The molecule has 0 aliphatic carbocycles. The summed E-state index contributed by atoms with van der Waals surface area (Å²) in [4.78, 5) is 0. The molecule has 0 aliphatic heterocycles. The Morgan fingerprint density at radius 1 is 0.333 bits per heavy atom. The predicted octanol–water partition coefficient (Wildman–Crippen LogP) is 11.1. The number of rotatable bonds is 16. The van der Waals surface area contributed by atoms with Gasteiger partial charge in [0.05, 0.1) is 0 Å². The third-order valence-electron chi connectivity index (χ3n) is 7.84. The summed E-state index contributed by atoms with van der Waals surface area (Å²) in [6.07, 6.45) is 10.9. The van der Waals surface area contributed by atoms with Crippen LogP contribution in [-0.4, -0.2) is 0 Å². The average Bonchev–Trinajstić information content (AvgIpc) is 2.78. The molecular formula is C39H64. The van der Waals surface area contributed by atoms with Crippen molar-refractivity contribution in [1.82, 2.24) is 0 Å². The topological polar surface area (TPSA) is 0 Å². The molecular weight excluding hydrogens is 468 g/mol. The Bertz CT molecular complexity index is 918. The minimum absolute atomic E-state index is 0.687. The van der Waals surface area contributed by atoms with Crippen molar-refractivity contribution in [3.63, 3.8) is 0 Å². The van der Waals surface area contributed by atoms with E-state index in [0.717, 1.165) is 0 Å². The van der Waals surface area contributed by atoms with Gasteiger partial charge in [0.1, 0.15) is 0 Å². The van der Waals surface area contributed by atoms with E-state index in [1.807, 2.05) is 0 Å². The van der Waals surface area contributed by atoms with E-state index >= 15 is 0 Å². The molecule has 0 heterocycles. The van der Waals surface area contributed by atoms with Gasteiger partial charge < -0.3 is 0 Å². The zero-order chi connectivity index (χ0) is 29.3. The Balaban J connectivity index is 2.54. The molecule has 0 aromatic heterocycles. The summed E-state index contributed by atoms with van der Waals surface area (Å²) >= 11 is 0. The van der Waals surface area contributed by atoms with Crippen LogP contribution in [0.2, 0.25) is 0 Å². The van der Waals surface area contributed by atoms with Gasteiger partial charge in [-0.1, -0.05) is 107 Å². The van der Waals surface area contributed by atoms with Crippen molar-refractivity contribution in [2.24, 2.45) is 35.5 Å². The summed E-state index contributed by atoms with van der Waals surface area (Å²) in [6.45, 7) is 28.6. The van der Waals surface area contributed by atoms with Gasteiger partial charge in [-0.2, -0.15) is 0 Å². The van der Waals surface area contributed by atoms with E-state index in [1.54, 1.807) is 44.5 Å². The van der Waals surface area contributed by atoms with E-state index in [4.69, 9.17) is 0 Å². The summed E-state index contributed by atoms with van der Waals surface area (Å²) < 4.78 is 0. The Morgan fingerprint density at radius 3 is 0.795 bits per heavy atom. The molecule has 0 amide bonds. The molecule has 0 heteroatoms. The number of hydrogen-bond donors (Lipinski definition) is 0. The molecule has 0 bridgehead atoms. The molecule has 0 atom stereocenters. The molecule has 39 heavy (non-hydrogen) atoms. The van der Waals surface area contributed by atoms with Crippen LogP contribution < -0.4 is 0 Å². The smallest absolute Gasteiger partial charge is 0.0250 e. The van der Waals surface area contributed by atoms with Crippen molar-refractivity contribution in [2.45, 2.75) is 141 Å². The van der Waals surface area contributed by atoms with Crippen LogP contribution in [-0.2, 0) is 51.4 Å². The maximum atomic E-state index is 2.49. The molecule has 0 saturated heterocycles. The van der Waals surface area contributed by atoms with Gasteiger partial charge in [-0.05, 0) is 138 Å². The van der Waals surface area contributed by atoms with Crippen LogP contribution in [0.1, 0.15) is 134 Å². The lowest BCUT2D eigenvalue weighted by molar-refractivity contribution is 0.596. The van der Waals surface area contributed by atoms with Crippen LogP contribution in [0, 0.1) is 35.5 Å². The van der Waals surface area contributed by atoms with E-state index in [-0.39, 0.29) is 0 Å². The fourth-order valence-electron chi connectivity index (χ4n) is 6.49. The highest BCUT2D eigenvalue weighted by Crippen LogP contribution is 2.31. The standard InChI is InChI=1S/C39H64/c1-26(2)20-32-16-18-34(22-28(5)6)38(24-30(9)10)36(32)14-13-15-37-33(21-27(3)4)17-19-35(23-29(7)8)39(37)25-31(11)12/h16-19,26-31H,13-15,20-25H2,1-12H3. The highest BCUT2D eigenvalue weighted by molar-refractivity contribution is 5.44. The lowest BCUT2D eigenvalue weighted by Gasteiger charge is -2.24. The second-order valence-corrected chi connectivity index (χ2v) is 15.1. The summed E-state index contributed by atoms with van der Waals surface area (Å²) in [6, 6.07) is 9.95. The molecule has 0 N–H and O–H groups in total. The van der Waals surface area contributed by atoms with Gasteiger partial charge in [-0.15, -0.1) is 0 Å². The van der Waals surface area contributed by atoms with Gasteiger partial charge in [0.25, 0.3) is 0 Å². The first kappa shape index (κ1) is 33.6. The maximum absolute atomic E-state index is 2.49. The summed E-state index contributed by atoms with van der Waals surface area (Å²) in [7, 11) is 0. The van der Waals surface area contributed by atoms with E-state index in [0.29, 0.717) is 35.5 Å². The first-order chi connectivity index (χ1) is 18.3. The van der Waals surface area contributed by atoms with E-state index in [2.05, 4.69) is 107 Å². The van der Waals surface area contributed by atoms with Gasteiger partial charge in [-0.3, -0.25) is 0 Å². The molecule has 0 radical (unpaired) electrons. The zero-order valence-electron chi connectivity index (χ0n) is 28.1. The molecule has 0 spiro atoms. The quantitative estimate of drug-likeness (QED) is 0.202. The monoisotopic (exact) mass is 533 g/mol. The zero-order valence-corrected chi connectivity index (χ0v) is 28.1. The van der Waals surface area contributed by atoms with Crippen molar-refractivity contribution in [3.8, 4) is 0 Å². The largest absolute Gasteiger partial charge is 0.0625 e. The van der Waals surface area contributed by atoms with Crippen molar-refractivity contribution < 1.29 is 0 Å². The van der Waals surface area contributed by atoms with Crippen molar-refractivity contribution >= 4 is 0 Å². The molecule has 0 nitrogen and oxygen atoms in total. The van der Waals surface area contributed by atoms with Crippen LogP contribution >= 0.6 is 0 Å². The fraction of sp³-hybridized carbons (Fsp3) is 0.692. The number of benzene rings is 2. The SMILES string of the molecule is CC(C)Cc1ccc(CC(C)C)c(CC(C)C)c1CCCc1c(CC(C)C)ccc(CC(C)C)c1CC(C)C. The van der Waals surface area contributed by atoms with Gasteiger partial charge in [-0.25, -0.2) is 0 Å². The molecule has 0 fully saturated rings. The summed E-state index contributed by atoms with van der Waals surface area (Å²) in [5.74, 6) is 4.14. The van der Waals surface area contributed by atoms with Gasteiger partial charge in [0.2, 0.25) is 0 Å². The van der Waals surface area contributed by atoms with E-state index < -0.39 is 0 Å².